The molecule has 0 unspecified atom stereocenters. The van der Waals surface area contributed by atoms with Gasteiger partial charge >= 0.3 is 5.97 Å². The Kier molecular flexibility index (Phi) is 9.12. The summed E-state index contributed by atoms with van der Waals surface area (Å²) in [7, 11) is 0. The van der Waals surface area contributed by atoms with Gasteiger partial charge in [-0.05, 0) is 94.7 Å². The van der Waals surface area contributed by atoms with Crippen LogP contribution in [0.5, 0.6) is 5.75 Å². The van der Waals surface area contributed by atoms with Gasteiger partial charge in [0.05, 0.1) is 17.9 Å². The number of anilines is 1. The molecule has 0 amide bonds. The van der Waals surface area contributed by atoms with E-state index in [2.05, 4.69) is 4.90 Å². The first-order valence-corrected chi connectivity index (χ1v) is 15.6. The summed E-state index contributed by atoms with van der Waals surface area (Å²) in [6.07, 6.45) is 6.92. The molecule has 2 aliphatic rings. The Balaban J connectivity index is 1.51. The molecule has 1 aromatic heterocycles. The number of ether oxygens (including phenoxy) is 2. The van der Waals surface area contributed by atoms with E-state index in [0.29, 0.717) is 24.3 Å². The Bertz CT molecular complexity index is 1420. The first kappa shape index (κ1) is 31.0. The number of aromatic nitrogens is 1. The van der Waals surface area contributed by atoms with Crippen LogP contribution in [0, 0.1) is 25.1 Å². The molecule has 2 fully saturated rings. The third kappa shape index (κ3) is 7.20. The second kappa shape index (κ2) is 12.7. The highest BCUT2D eigenvalue weighted by Gasteiger charge is 2.42. The third-order valence-electron chi connectivity index (χ3n) is 8.92. The normalized spacial score (nSPS) is 17.3. The number of carboxylic acid groups (broad SMARTS) is 1. The number of carboxylic acids is 1. The zero-order chi connectivity index (χ0) is 30.8. The lowest BCUT2D eigenvalue weighted by Crippen LogP contribution is -2.33. The molecule has 1 spiro atoms. The molecule has 1 N–H and O–H groups in total. The molecular formula is C36H45FN2O4. The minimum atomic E-state index is -1.14. The number of benzene rings is 2. The highest BCUT2D eigenvalue weighted by molar-refractivity contribution is 5.88. The number of halogens is 1. The maximum absolute atomic E-state index is 13.2. The van der Waals surface area contributed by atoms with Crippen LogP contribution in [0.2, 0.25) is 0 Å². The second-order valence-corrected chi connectivity index (χ2v) is 13.3. The molecule has 2 aromatic carbocycles. The van der Waals surface area contributed by atoms with E-state index in [4.69, 9.17) is 14.5 Å². The molecule has 1 aliphatic carbocycles. The minimum Gasteiger partial charge on any atom is -0.493 e. The average molecular weight is 589 g/mol. The van der Waals surface area contributed by atoms with Gasteiger partial charge < -0.3 is 19.5 Å². The molecule has 1 aliphatic heterocycles. The van der Waals surface area contributed by atoms with E-state index in [0.717, 1.165) is 53.3 Å². The number of rotatable bonds is 9. The molecule has 1 atom stereocenters. The third-order valence-corrected chi connectivity index (χ3v) is 8.92. The van der Waals surface area contributed by atoms with Crippen LogP contribution in [-0.4, -0.2) is 41.4 Å². The standard InChI is InChI=1S/C36H45FN2O4/c1-24-30(27-11-15-29(16-12-27)42-22-17-26-9-13-28(37)14-10-26)32(39-21-20-36(23-39)18-7-6-8-19-36)31(25(2)38-24)33(34(40)41)43-35(3,4)5/h9-16,33H,6-8,17-23H2,1-5H3,(H,40,41)/t33-/m0/s1. The molecule has 230 valence electrons. The molecule has 1 saturated carbocycles. The number of aliphatic carboxylic acids is 1. The van der Waals surface area contributed by atoms with E-state index in [1.54, 1.807) is 12.1 Å². The van der Waals surface area contributed by atoms with Crippen molar-refractivity contribution in [3.63, 3.8) is 0 Å². The molecular weight excluding hydrogens is 543 g/mol. The van der Waals surface area contributed by atoms with Gasteiger partial charge in [0.2, 0.25) is 0 Å². The van der Waals surface area contributed by atoms with Gasteiger partial charge in [-0.25, -0.2) is 9.18 Å². The van der Waals surface area contributed by atoms with E-state index < -0.39 is 17.7 Å². The molecule has 0 radical (unpaired) electrons. The van der Waals surface area contributed by atoms with Gasteiger partial charge in [-0.2, -0.15) is 0 Å². The van der Waals surface area contributed by atoms with E-state index in [-0.39, 0.29) is 11.2 Å². The van der Waals surface area contributed by atoms with Crippen molar-refractivity contribution in [1.29, 1.82) is 0 Å². The predicted molar refractivity (Wildman–Crippen MR) is 168 cm³/mol. The summed E-state index contributed by atoms with van der Waals surface area (Å²) in [6.45, 7) is 11.9. The SMILES string of the molecule is Cc1nc(C)c([C@H](OC(C)(C)C)C(=O)O)c(N2CCC3(CCCCC3)C2)c1-c1ccc(OCCc2ccc(F)cc2)cc1. The van der Waals surface area contributed by atoms with Crippen LogP contribution in [-0.2, 0) is 16.0 Å². The summed E-state index contributed by atoms with van der Waals surface area (Å²) in [5.41, 5.74) is 5.72. The van der Waals surface area contributed by atoms with Gasteiger partial charge in [-0.1, -0.05) is 43.5 Å². The Morgan fingerprint density at radius 1 is 1.00 bits per heavy atom. The smallest absolute Gasteiger partial charge is 0.337 e. The Labute approximate surface area is 255 Å². The van der Waals surface area contributed by atoms with Gasteiger partial charge in [0.25, 0.3) is 0 Å². The zero-order valence-electron chi connectivity index (χ0n) is 26.2. The van der Waals surface area contributed by atoms with Crippen LogP contribution in [0.1, 0.15) is 87.9 Å². The molecule has 2 heterocycles. The maximum atomic E-state index is 13.2. The molecule has 6 nitrogen and oxygen atoms in total. The topological polar surface area (TPSA) is 71.9 Å². The molecule has 43 heavy (non-hydrogen) atoms. The van der Waals surface area contributed by atoms with Crippen LogP contribution in [0.3, 0.4) is 0 Å². The molecule has 0 bridgehead atoms. The fourth-order valence-electron chi connectivity index (χ4n) is 6.91. The van der Waals surface area contributed by atoms with Crippen LogP contribution >= 0.6 is 0 Å². The largest absolute Gasteiger partial charge is 0.493 e. The summed E-state index contributed by atoms with van der Waals surface area (Å²) >= 11 is 0. The summed E-state index contributed by atoms with van der Waals surface area (Å²) in [4.78, 5) is 20.1. The van der Waals surface area contributed by atoms with Crippen molar-refractivity contribution in [2.45, 2.75) is 91.3 Å². The van der Waals surface area contributed by atoms with Gasteiger partial charge in [0, 0.05) is 42.0 Å². The highest BCUT2D eigenvalue weighted by Crippen LogP contribution is 2.49. The summed E-state index contributed by atoms with van der Waals surface area (Å²) in [6, 6.07) is 14.5. The van der Waals surface area contributed by atoms with E-state index >= 15 is 0 Å². The first-order valence-electron chi connectivity index (χ1n) is 15.6. The van der Waals surface area contributed by atoms with Gasteiger partial charge in [-0.15, -0.1) is 0 Å². The maximum Gasteiger partial charge on any atom is 0.337 e. The lowest BCUT2D eigenvalue weighted by atomic mass is 9.73. The average Bonchev–Trinajstić information content (AvgIpc) is 3.35. The molecule has 5 rings (SSSR count). The van der Waals surface area contributed by atoms with Crippen LogP contribution < -0.4 is 9.64 Å². The van der Waals surface area contributed by atoms with E-state index in [9.17, 15) is 14.3 Å². The van der Waals surface area contributed by atoms with E-state index in [1.807, 2.05) is 58.9 Å². The monoisotopic (exact) mass is 588 g/mol. The number of hydrogen-bond acceptors (Lipinski definition) is 5. The highest BCUT2D eigenvalue weighted by atomic mass is 19.1. The van der Waals surface area contributed by atoms with Crippen molar-refractivity contribution in [2.75, 3.05) is 24.6 Å². The quantitative estimate of drug-likeness (QED) is 0.272. The minimum absolute atomic E-state index is 0.244. The van der Waals surface area contributed by atoms with Crippen molar-refractivity contribution in [2.24, 2.45) is 5.41 Å². The van der Waals surface area contributed by atoms with Crippen molar-refractivity contribution in [3.05, 3.63) is 76.9 Å². The van der Waals surface area contributed by atoms with Gasteiger partial charge in [0.15, 0.2) is 6.10 Å². The lowest BCUT2D eigenvalue weighted by Gasteiger charge is -2.36. The summed E-state index contributed by atoms with van der Waals surface area (Å²) < 4.78 is 25.5. The van der Waals surface area contributed by atoms with Gasteiger partial charge in [0.1, 0.15) is 11.6 Å². The van der Waals surface area contributed by atoms with Crippen molar-refractivity contribution < 1.29 is 23.8 Å². The van der Waals surface area contributed by atoms with E-state index in [1.165, 1.54) is 44.2 Å². The zero-order valence-corrected chi connectivity index (χ0v) is 26.2. The van der Waals surface area contributed by atoms with Crippen LogP contribution in [0.4, 0.5) is 10.1 Å². The molecule has 3 aromatic rings. The van der Waals surface area contributed by atoms with Gasteiger partial charge in [-0.3, -0.25) is 4.98 Å². The second-order valence-electron chi connectivity index (χ2n) is 13.3. The number of pyridine rings is 1. The van der Waals surface area contributed by atoms with Crippen molar-refractivity contribution in [3.8, 4) is 16.9 Å². The Morgan fingerprint density at radius 3 is 2.30 bits per heavy atom. The van der Waals surface area contributed by atoms with Crippen LogP contribution in [0.15, 0.2) is 48.5 Å². The number of hydrogen-bond donors (Lipinski definition) is 1. The number of nitrogens with zero attached hydrogens (tertiary/aromatic N) is 2. The molecule has 1 saturated heterocycles. The summed E-state index contributed by atoms with van der Waals surface area (Å²) in [5.74, 6) is -0.509. The Morgan fingerprint density at radius 2 is 1.67 bits per heavy atom. The van der Waals surface area contributed by atoms with Crippen molar-refractivity contribution in [1.82, 2.24) is 4.98 Å². The van der Waals surface area contributed by atoms with Crippen molar-refractivity contribution >= 4 is 11.7 Å². The predicted octanol–water partition coefficient (Wildman–Crippen LogP) is 8.23. The first-order chi connectivity index (χ1) is 20.4. The summed E-state index contributed by atoms with van der Waals surface area (Å²) in [5, 5.41) is 10.5. The Hall–Kier alpha value is -3.45. The van der Waals surface area contributed by atoms with Crippen LogP contribution in [0.25, 0.3) is 11.1 Å². The number of aryl methyl sites for hydroxylation is 2. The lowest BCUT2D eigenvalue weighted by molar-refractivity contribution is -0.160. The fourth-order valence-corrected chi connectivity index (χ4v) is 6.91. The number of carbonyl (C=O) groups is 1. The molecule has 7 heteroatoms. The fraction of sp³-hybridized carbons (Fsp3) is 0.500.